The van der Waals surface area contributed by atoms with Gasteiger partial charge >= 0.3 is 0 Å². The van der Waals surface area contributed by atoms with Crippen molar-refractivity contribution in [3.63, 3.8) is 0 Å². The van der Waals surface area contributed by atoms with Crippen molar-refractivity contribution in [2.45, 2.75) is 44.6 Å². The van der Waals surface area contributed by atoms with E-state index in [-0.39, 0.29) is 5.78 Å². The first-order valence-electron chi connectivity index (χ1n) is 7.42. The summed E-state index contributed by atoms with van der Waals surface area (Å²) in [7, 11) is 0. The molecular formula is C16H18BrN3O. The maximum Gasteiger partial charge on any atom is 0.188 e. The lowest BCUT2D eigenvalue weighted by Gasteiger charge is -2.21. The van der Waals surface area contributed by atoms with Crippen LogP contribution in [0.4, 0.5) is 0 Å². The Balaban J connectivity index is 1.69. The van der Waals surface area contributed by atoms with Gasteiger partial charge in [-0.2, -0.15) is 5.10 Å². The number of nitrogens with zero attached hydrogens (tertiary/aromatic N) is 3. The maximum atomic E-state index is 12.3. The van der Waals surface area contributed by atoms with E-state index in [4.69, 9.17) is 0 Å². The molecule has 110 valence electrons. The number of Topliss-reactive ketones (excluding diaryl/α,β-unsaturated/α-hetero) is 1. The predicted molar refractivity (Wildman–Crippen MR) is 84.3 cm³/mol. The van der Waals surface area contributed by atoms with Crippen LogP contribution in [0.3, 0.4) is 0 Å². The van der Waals surface area contributed by atoms with Gasteiger partial charge in [-0.05, 0) is 47.0 Å². The highest BCUT2D eigenvalue weighted by molar-refractivity contribution is 9.10. The van der Waals surface area contributed by atoms with Crippen molar-refractivity contribution in [2.24, 2.45) is 0 Å². The maximum absolute atomic E-state index is 12.3. The molecule has 0 bridgehead atoms. The smallest absolute Gasteiger partial charge is 0.188 e. The molecule has 0 N–H and O–H groups in total. The topological polar surface area (TPSA) is 47.8 Å². The van der Waals surface area contributed by atoms with Crippen molar-refractivity contribution < 1.29 is 4.79 Å². The van der Waals surface area contributed by atoms with Crippen molar-refractivity contribution in [1.82, 2.24) is 14.8 Å². The van der Waals surface area contributed by atoms with E-state index in [1.807, 2.05) is 23.0 Å². The molecule has 0 saturated heterocycles. The van der Waals surface area contributed by atoms with E-state index < -0.39 is 0 Å². The molecule has 4 nitrogen and oxygen atoms in total. The molecule has 0 unspecified atom stereocenters. The molecule has 0 aromatic carbocycles. The summed E-state index contributed by atoms with van der Waals surface area (Å²) in [4.78, 5) is 16.4. The molecule has 0 amide bonds. The number of ketones is 1. The summed E-state index contributed by atoms with van der Waals surface area (Å²) in [5.41, 5.74) is 1.30. The van der Waals surface area contributed by atoms with Crippen molar-refractivity contribution in [1.29, 1.82) is 0 Å². The lowest BCUT2D eigenvalue weighted by atomic mass is 9.96. The number of carbonyl (C=O) groups excluding carboxylic acids is 1. The number of pyridine rings is 1. The van der Waals surface area contributed by atoms with Gasteiger partial charge < -0.3 is 0 Å². The Bertz CT molecular complexity index is 632. The second-order valence-electron chi connectivity index (χ2n) is 5.51. The molecular weight excluding hydrogens is 330 g/mol. The van der Waals surface area contributed by atoms with Gasteiger partial charge in [0.25, 0.3) is 0 Å². The average molecular weight is 348 g/mol. The summed E-state index contributed by atoms with van der Waals surface area (Å²) in [5.74, 6) is -0.00336. The van der Waals surface area contributed by atoms with Gasteiger partial charge in [0.1, 0.15) is 5.69 Å². The second-order valence-corrected chi connectivity index (χ2v) is 6.37. The summed E-state index contributed by atoms with van der Waals surface area (Å²) >= 11 is 3.37. The summed E-state index contributed by atoms with van der Waals surface area (Å²) in [6.07, 6.45) is 10.2. The Hall–Kier alpha value is -1.49. The fourth-order valence-electron chi connectivity index (χ4n) is 2.86. The van der Waals surface area contributed by atoms with Gasteiger partial charge in [-0.25, -0.2) is 0 Å². The third-order valence-corrected chi connectivity index (χ3v) is 4.62. The Labute approximate surface area is 132 Å². The van der Waals surface area contributed by atoms with Crippen LogP contribution in [0.25, 0.3) is 0 Å². The zero-order chi connectivity index (χ0) is 14.7. The molecule has 0 aliphatic heterocycles. The van der Waals surface area contributed by atoms with Crippen LogP contribution in [-0.4, -0.2) is 20.5 Å². The first-order chi connectivity index (χ1) is 10.2. The summed E-state index contributed by atoms with van der Waals surface area (Å²) in [5, 5.41) is 4.58. The van der Waals surface area contributed by atoms with Crippen molar-refractivity contribution in [2.75, 3.05) is 0 Å². The minimum absolute atomic E-state index is 0.00336. The fourth-order valence-corrected chi connectivity index (χ4v) is 3.34. The van der Waals surface area contributed by atoms with E-state index in [2.05, 4.69) is 26.0 Å². The van der Waals surface area contributed by atoms with Crippen LogP contribution in [0.2, 0.25) is 0 Å². The Morgan fingerprint density at radius 3 is 2.86 bits per heavy atom. The highest BCUT2D eigenvalue weighted by Gasteiger charge is 2.18. The molecule has 1 aliphatic rings. The van der Waals surface area contributed by atoms with E-state index in [1.165, 1.54) is 32.1 Å². The first kappa shape index (κ1) is 14.4. The van der Waals surface area contributed by atoms with E-state index in [0.717, 1.165) is 10.2 Å². The number of aromatic nitrogens is 3. The van der Waals surface area contributed by atoms with Gasteiger partial charge in [-0.15, -0.1) is 0 Å². The van der Waals surface area contributed by atoms with E-state index in [9.17, 15) is 4.79 Å². The Kier molecular flexibility index (Phi) is 4.48. The quantitative estimate of drug-likeness (QED) is 0.786. The van der Waals surface area contributed by atoms with Gasteiger partial charge in [-0.3, -0.25) is 14.5 Å². The monoisotopic (exact) mass is 347 g/mol. The minimum atomic E-state index is -0.00336. The van der Waals surface area contributed by atoms with Crippen molar-refractivity contribution in [3.05, 3.63) is 46.5 Å². The summed E-state index contributed by atoms with van der Waals surface area (Å²) in [6.45, 7) is 0. The standard InChI is InChI=1S/C16H18BrN3O/c17-14-7-4-9-18-16(14)15(21)11-12-8-10-20(19-12)13-5-2-1-3-6-13/h4,7-10,13H,1-3,5-6,11H2. The van der Waals surface area contributed by atoms with Crippen LogP contribution < -0.4 is 0 Å². The molecule has 21 heavy (non-hydrogen) atoms. The molecule has 1 fully saturated rings. The number of hydrogen-bond donors (Lipinski definition) is 0. The molecule has 3 rings (SSSR count). The minimum Gasteiger partial charge on any atom is -0.292 e. The summed E-state index contributed by atoms with van der Waals surface area (Å²) in [6, 6.07) is 6.09. The second kappa shape index (κ2) is 6.52. The lowest BCUT2D eigenvalue weighted by molar-refractivity contribution is 0.0986. The molecule has 0 spiro atoms. The van der Waals surface area contributed by atoms with Crippen LogP contribution >= 0.6 is 15.9 Å². The van der Waals surface area contributed by atoms with Gasteiger partial charge in [0.05, 0.1) is 18.2 Å². The van der Waals surface area contributed by atoms with Crippen molar-refractivity contribution >= 4 is 21.7 Å². The first-order valence-corrected chi connectivity index (χ1v) is 8.21. The normalized spacial score (nSPS) is 16.0. The largest absolute Gasteiger partial charge is 0.292 e. The zero-order valence-electron chi connectivity index (χ0n) is 11.8. The van der Waals surface area contributed by atoms with E-state index in [0.29, 0.717) is 18.2 Å². The molecule has 5 heteroatoms. The van der Waals surface area contributed by atoms with Crippen LogP contribution in [0.5, 0.6) is 0 Å². The highest BCUT2D eigenvalue weighted by atomic mass is 79.9. The zero-order valence-corrected chi connectivity index (χ0v) is 13.4. The van der Waals surface area contributed by atoms with Crippen LogP contribution in [0.15, 0.2) is 35.1 Å². The molecule has 0 atom stereocenters. The third kappa shape index (κ3) is 3.40. The van der Waals surface area contributed by atoms with Gasteiger partial charge in [-0.1, -0.05) is 19.3 Å². The number of carbonyl (C=O) groups is 1. The molecule has 2 aromatic heterocycles. The Morgan fingerprint density at radius 1 is 1.29 bits per heavy atom. The summed E-state index contributed by atoms with van der Waals surface area (Å²) < 4.78 is 2.77. The Morgan fingerprint density at radius 2 is 2.10 bits per heavy atom. The third-order valence-electron chi connectivity index (χ3n) is 3.98. The SMILES string of the molecule is O=C(Cc1ccn(C2CCCCC2)n1)c1ncccc1Br. The average Bonchev–Trinajstić information content (AvgIpc) is 2.97. The molecule has 0 radical (unpaired) electrons. The lowest BCUT2D eigenvalue weighted by Crippen LogP contribution is -2.14. The van der Waals surface area contributed by atoms with Crippen LogP contribution in [0, 0.1) is 0 Å². The highest BCUT2D eigenvalue weighted by Crippen LogP contribution is 2.27. The van der Waals surface area contributed by atoms with Gasteiger partial charge in [0, 0.05) is 16.9 Å². The predicted octanol–water partition coefficient (Wildman–Crippen LogP) is 3.97. The number of halogens is 1. The van der Waals surface area contributed by atoms with E-state index in [1.54, 1.807) is 12.3 Å². The number of hydrogen-bond acceptors (Lipinski definition) is 3. The molecule has 2 heterocycles. The van der Waals surface area contributed by atoms with E-state index >= 15 is 0 Å². The number of rotatable bonds is 4. The molecule has 1 aliphatic carbocycles. The van der Waals surface area contributed by atoms with Crippen molar-refractivity contribution in [3.8, 4) is 0 Å². The van der Waals surface area contributed by atoms with Crippen LogP contribution in [0.1, 0.15) is 54.3 Å². The van der Waals surface area contributed by atoms with Gasteiger partial charge in [0.15, 0.2) is 5.78 Å². The van der Waals surface area contributed by atoms with Gasteiger partial charge in [0.2, 0.25) is 0 Å². The fraction of sp³-hybridized carbons (Fsp3) is 0.438. The molecule has 1 saturated carbocycles. The molecule has 2 aromatic rings. The van der Waals surface area contributed by atoms with Crippen LogP contribution in [-0.2, 0) is 6.42 Å².